The van der Waals surface area contributed by atoms with Crippen LogP contribution < -0.4 is 0 Å². The van der Waals surface area contributed by atoms with Gasteiger partial charge >= 0.3 is 5.97 Å². The largest absolute Gasteiger partial charge is 0.478 e. The molecule has 3 aromatic rings. The van der Waals surface area contributed by atoms with Gasteiger partial charge in [-0.15, -0.1) is 0 Å². The number of para-hydroxylation sites is 1. The molecular weight excluding hydrogens is 300 g/mol. The van der Waals surface area contributed by atoms with Gasteiger partial charge in [0.15, 0.2) is 4.67 Å². The van der Waals surface area contributed by atoms with Crippen molar-refractivity contribution in [3.63, 3.8) is 0 Å². The number of benzene rings is 1. The molecule has 6 heteroatoms. The summed E-state index contributed by atoms with van der Waals surface area (Å²) in [6.07, 6.45) is 1.53. The Morgan fingerprint density at radius 3 is 2.89 bits per heavy atom. The highest BCUT2D eigenvalue weighted by atomic mass is 79.9. The lowest BCUT2D eigenvalue weighted by atomic mass is 10.2. The summed E-state index contributed by atoms with van der Waals surface area (Å²) in [6.45, 7) is 0. The number of rotatable bonds is 2. The van der Waals surface area contributed by atoms with Gasteiger partial charge in [-0.2, -0.15) is 0 Å². The monoisotopic (exact) mass is 306 g/mol. The van der Waals surface area contributed by atoms with Gasteiger partial charge in [0.05, 0.1) is 22.9 Å². The molecule has 0 saturated carbocycles. The number of aromatic carboxylic acids is 1. The highest BCUT2D eigenvalue weighted by Gasteiger charge is 2.15. The Balaban J connectivity index is 2.26. The van der Waals surface area contributed by atoms with Crippen molar-refractivity contribution >= 4 is 32.9 Å². The number of hydrogen-bond acceptors (Lipinski definition) is 3. The number of carboxylic acids is 1. The quantitative estimate of drug-likeness (QED) is 0.761. The molecule has 3 rings (SSSR count). The van der Waals surface area contributed by atoms with Crippen molar-refractivity contribution in [1.82, 2.24) is 9.97 Å². The third-order valence-electron chi connectivity index (χ3n) is 2.62. The summed E-state index contributed by atoms with van der Waals surface area (Å²) in [6, 6.07) is 6.74. The molecule has 2 aromatic heterocycles. The minimum Gasteiger partial charge on any atom is -0.478 e. The van der Waals surface area contributed by atoms with Gasteiger partial charge in [-0.25, -0.2) is 9.78 Å². The maximum Gasteiger partial charge on any atom is 0.337 e. The fourth-order valence-electron chi connectivity index (χ4n) is 1.80. The van der Waals surface area contributed by atoms with E-state index in [-0.39, 0.29) is 5.56 Å². The lowest BCUT2D eigenvalue weighted by Crippen LogP contribution is -1.96. The van der Waals surface area contributed by atoms with E-state index in [2.05, 4.69) is 25.9 Å². The average molecular weight is 307 g/mol. The van der Waals surface area contributed by atoms with Gasteiger partial charge in [0.2, 0.25) is 0 Å². The molecule has 1 aromatic carbocycles. The molecule has 2 N–H and O–H groups in total. The number of imidazole rings is 1. The number of nitrogens with zero attached hydrogens (tertiary/aromatic N) is 1. The molecule has 0 amide bonds. The van der Waals surface area contributed by atoms with Crippen LogP contribution in [0.2, 0.25) is 0 Å². The lowest BCUT2D eigenvalue weighted by Gasteiger charge is -1.93. The highest BCUT2D eigenvalue weighted by molar-refractivity contribution is 9.10. The highest BCUT2D eigenvalue weighted by Crippen LogP contribution is 2.29. The molecule has 0 atom stereocenters. The van der Waals surface area contributed by atoms with Crippen molar-refractivity contribution in [3.8, 4) is 11.4 Å². The molecule has 0 aliphatic heterocycles. The Labute approximate surface area is 110 Å². The number of furan rings is 1. The Kier molecular flexibility index (Phi) is 2.45. The van der Waals surface area contributed by atoms with Gasteiger partial charge in [0, 0.05) is 0 Å². The summed E-state index contributed by atoms with van der Waals surface area (Å²) in [7, 11) is 0. The lowest BCUT2D eigenvalue weighted by molar-refractivity contribution is 0.0699. The fourth-order valence-corrected chi connectivity index (χ4v) is 2.22. The molecule has 0 unspecified atom stereocenters. The van der Waals surface area contributed by atoms with E-state index in [1.54, 1.807) is 18.2 Å². The van der Waals surface area contributed by atoms with Gasteiger partial charge in [0.25, 0.3) is 0 Å². The van der Waals surface area contributed by atoms with Crippen molar-refractivity contribution in [3.05, 3.63) is 40.8 Å². The maximum absolute atomic E-state index is 11.1. The minimum atomic E-state index is -0.995. The van der Waals surface area contributed by atoms with E-state index in [9.17, 15) is 4.79 Å². The van der Waals surface area contributed by atoms with E-state index >= 15 is 0 Å². The average Bonchev–Trinajstić information content (AvgIpc) is 2.92. The first kappa shape index (κ1) is 11.0. The molecule has 0 spiro atoms. The fraction of sp³-hybridized carbons (Fsp3) is 0. The minimum absolute atomic E-state index is 0.176. The zero-order valence-electron chi connectivity index (χ0n) is 8.98. The molecule has 18 heavy (non-hydrogen) atoms. The number of fused-ring (bicyclic) bond motifs is 1. The number of aromatic amines is 1. The Hall–Kier alpha value is -2.08. The van der Waals surface area contributed by atoms with E-state index < -0.39 is 5.97 Å². The topological polar surface area (TPSA) is 79.1 Å². The first-order valence-corrected chi connectivity index (χ1v) is 5.91. The second kappa shape index (κ2) is 3.99. The standard InChI is InChI=1S/C12H7BrN2O3/c13-10-7(4-5-18-10)11-14-8-3-1-2-6(12(16)17)9(8)15-11/h1-5H,(H,14,15)(H,16,17). The predicted molar refractivity (Wildman–Crippen MR) is 68.5 cm³/mol. The number of carbonyl (C=O) groups is 1. The van der Waals surface area contributed by atoms with Gasteiger partial charge in [0.1, 0.15) is 11.3 Å². The number of hydrogen-bond donors (Lipinski definition) is 2. The van der Waals surface area contributed by atoms with Crippen molar-refractivity contribution in [2.24, 2.45) is 0 Å². The van der Waals surface area contributed by atoms with Crippen molar-refractivity contribution in [2.75, 3.05) is 0 Å². The molecule has 90 valence electrons. The summed E-state index contributed by atoms with van der Waals surface area (Å²) in [5, 5.41) is 9.10. The van der Waals surface area contributed by atoms with Gasteiger partial charge < -0.3 is 14.5 Å². The van der Waals surface area contributed by atoms with Crippen LogP contribution >= 0.6 is 15.9 Å². The van der Waals surface area contributed by atoms with E-state index in [1.165, 1.54) is 12.3 Å². The number of H-pyrrole nitrogens is 1. The zero-order chi connectivity index (χ0) is 12.7. The smallest absolute Gasteiger partial charge is 0.337 e. The van der Waals surface area contributed by atoms with Crippen LogP contribution in [-0.4, -0.2) is 21.0 Å². The normalized spacial score (nSPS) is 10.9. The van der Waals surface area contributed by atoms with Crippen LogP contribution in [0.1, 0.15) is 10.4 Å². The van der Waals surface area contributed by atoms with Crippen molar-refractivity contribution < 1.29 is 14.3 Å². The Bertz CT molecular complexity index is 745. The second-order valence-electron chi connectivity index (χ2n) is 3.70. The zero-order valence-corrected chi connectivity index (χ0v) is 10.6. The third kappa shape index (κ3) is 1.62. The number of aromatic nitrogens is 2. The molecule has 0 bridgehead atoms. The van der Waals surface area contributed by atoms with Crippen molar-refractivity contribution in [2.45, 2.75) is 0 Å². The van der Waals surface area contributed by atoms with Crippen LogP contribution in [0, 0.1) is 0 Å². The third-order valence-corrected chi connectivity index (χ3v) is 3.23. The molecule has 0 aliphatic carbocycles. The van der Waals surface area contributed by atoms with E-state index in [0.717, 1.165) is 5.56 Å². The summed E-state index contributed by atoms with van der Waals surface area (Å²) in [4.78, 5) is 18.5. The van der Waals surface area contributed by atoms with Crippen molar-refractivity contribution in [1.29, 1.82) is 0 Å². The molecular formula is C12H7BrN2O3. The van der Waals surface area contributed by atoms with Crippen LogP contribution in [-0.2, 0) is 0 Å². The summed E-state index contributed by atoms with van der Waals surface area (Å²) >= 11 is 3.26. The summed E-state index contributed by atoms with van der Waals surface area (Å²) in [5.41, 5.74) is 2.04. The first-order chi connectivity index (χ1) is 8.66. The SMILES string of the molecule is O=C(O)c1cccc2[nH]c(-c3ccoc3Br)nc12. The van der Waals surface area contributed by atoms with E-state index in [4.69, 9.17) is 9.52 Å². The van der Waals surface area contributed by atoms with Gasteiger partial charge in [-0.3, -0.25) is 0 Å². The molecule has 0 radical (unpaired) electrons. The van der Waals surface area contributed by atoms with Gasteiger partial charge in [-0.05, 0) is 34.1 Å². The Morgan fingerprint density at radius 2 is 2.22 bits per heavy atom. The van der Waals surface area contributed by atoms with Crippen LogP contribution in [0.25, 0.3) is 22.4 Å². The molecule has 0 fully saturated rings. The molecule has 0 saturated heterocycles. The summed E-state index contributed by atoms with van der Waals surface area (Å²) in [5.74, 6) is -0.427. The van der Waals surface area contributed by atoms with Crippen LogP contribution in [0.5, 0.6) is 0 Å². The molecule has 5 nitrogen and oxygen atoms in total. The summed E-state index contributed by atoms with van der Waals surface area (Å²) < 4.78 is 5.69. The Morgan fingerprint density at radius 1 is 1.39 bits per heavy atom. The van der Waals surface area contributed by atoms with Crippen LogP contribution in [0.3, 0.4) is 0 Å². The van der Waals surface area contributed by atoms with Gasteiger partial charge in [-0.1, -0.05) is 6.07 Å². The number of halogens is 1. The predicted octanol–water partition coefficient (Wildman–Crippen LogP) is 3.28. The second-order valence-corrected chi connectivity index (χ2v) is 4.42. The maximum atomic E-state index is 11.1. The number of carboxylic acid groups (broad SMARTS) is 1. The van der Waals surface area contributed by atoms with Crippen LogP contribution in [0.4, 0.5) is 0 Å². The number of nitrogens with one attached hydrogen (secondary N) is 1. The molecule has 0 aliphatic rings. The first-order valence-electron chi connectivity index (χ1n) is 5.12. The molecule has 2 heterocycles. The van der Waals surface area contributed by atoms with E-state index in [0.29, 0.717) is 21.5 Å². The van der Waals surface area contributed by atoms with E-state index in [1.807, 2.05) is 0 Å². The van der Waals surface area contributed by atoms with Crippen LogP contribution in [0.15, 0.2) is 39.6 Å².